The van der Waals surface area contributed by atoms with Crippen LogP contribution in [0, 0.1) is 0 Å². The van der Waals surface area contributed by atoms with Gasteiger partial charge in [0.2, 0.25) is 0 Å². The zero-order chi connectivity index (χ0) is 6.78. The molecule has 0 saturated heterocycles. The van der Waals surface area contributed by atoms with Crippen molar-refractivity contribution < 1.29 is 5.11 Å². The van der Waals surface area contributed by atoms with Gasteiger partial charge in [0.05, 0.1) is 11.0 Å². The summed E-state index contributed by atoms with van der Waals surface area (Å²) in [6.45, 7) is 5.50. The molecule has 0 aromatic rings. The highest BCUT2D eigenvalue weighted by molar-refractivity contribution is 6.24. The molecule has 0 aromatic carbocycles. The predicted octanol–water partition coefficient (Wildman–Crippen LogP) is 1.77. The topological polar surface area (TPSA) is 20.2 Å². The second kappa shape index (κ2) is 2.70. The Hall–Kier alpha value is 0.250. The normalized spacial score (nSPS) is 22.1. The minimum absolute atomic E-state index is 0.422. The second-order valence-electron chi connectivity index (χ2n) is 2.31. The molecule has 0 heterocycles. The van der Waals surface area contributed by atoms with Crippen LogP contribution in [0.3, 0.4) is 0 Å². The molecule has 0 radical (unpaired) electrons. The summed E-state index contributed by atoms with van der Waals surface area (Å²) in [5, 5.41) is 8.95. The van der Waals surface area contributed by atoms with Crippen LogP contribution in [-0.2, 0) is 0 Å². The van der Waals surface area contributed by atoms with Crippen LogP contribution in [0.2, 0.25) is 0 Å². The van der Waals surface area contributed by atoms with E-state index in [2.05, 4.69) is 0 Å². The molecular weight excluding hydrogens is 124 g/mol. The third kappa shape index (κ3) is 2.01. The average molecular weight is 137 g/mol. The third-order valence-corrected chi connectivity index (χ3v) is 2.15. The van der Waals surface area contributed by atoms with E-state index >= 15 is 0 Å². The highest BCUT2D eigenvalue weighted by atomic mass is 35.5. The van der Waals surface area contributed by atoms with Gasteiger partial charge in [0.15, 0.2) is 0 Å². The molecule has 0 aromatic heterocycles. The predicted molar refractivity (Wildman–Crippen MR) is 36.2 cm³/mol. The molecule has 8 heavy (non-hydrogen) atoms. The Morgan fingerprint density at radius 1 is 1.75 bits per heavy atom. The summed E-state index contributed by atoms with van der Waals surface area (Å²) >= 11 is 5.81. The zero-order valence-corrected chi connectivity index (χ0v) is 6.37. The number of aliphatic hydroxyl groups excluding tert-OH is 1. The van der Waals surface area contributed by atoms with E-state index in [1.54, 1.807) is 6.92 Å². The Kier molecular flexibility index (Phi) is 2.78. The summed E-state index contributed by atoms with van der Waals surface area (Å²) < 4.78 is 0. The van der Waals surface area contributed by atoms with Crippen LogP contribution < -0.4 is 0 Å². The molecule has 1 N–H and O–H groups in total. The van der Waals surface area contributed by atoms with Gasteiger partial charge in [0.25, 0.3) is 0 Å². The molecule has 2 heteroatoms. The molecule has 0 aliphatic carbocycles. The maximum atomic E-state index is 8.95. The van der Waals surface area contributed by atoms with Gasteiger partial charge in [-0.1, -0.05) is 6.92 Å². The molecule has 0 rings (SSSR count). The number of alkyl halides is 1. The van der Waals surface area contributed by atoms with Crippen LogP contribution >= 0.6 is 11.6 Å². The van der Waals surface area contributed by atoms with Gasteiger partial charge < -0.3 is 5.11 Å². The lowest BCUT2D eigenvalue weighted by molar-refractivity contribution is 0.148. The van der Waals surface area contributed by atoms with E-state index in [0.29, 0.717) is 0 Å². The zero-order valence-electron chi connectivity index (χ0n) is 5.61. The second-order valence-corrected chi connectivity index (χ2v) is 3.17. The maximum absolute atomic E-state index is 8.95. The van der Waals surface area contributed by atoms with Crippen molar-refractivity contribution in [2.75, 3.05) is 0 Å². The van der Waals surface area contributed by atoms with Gasteiger partial charge in [0.1, 0.15) is 0 Å². The standard InChI is InChI=1S/C6H13ClO/c1-4-6(3,7)5(2)8/h5,8H,4H2,1-3H3. The average Bonchev–Trinajstić information content (AvgIpc) is 1.67. The lowest BCUT2D eigenvalue weighted by Crippen LogP contribution is -2.29. The molecule has 1 nitrogen and oxygen atoms in total. The minimum Gasteiger partial charge on any atom is -0.392 e. The van der Waals surface area contributed by atoms with Gasteiger partial charge in [-0.15, -0.1) is 11.6 Å². The van der Waals surface area contributed by atoms with Gasteiger partial charge in [-0.25, -0.2) is 0 Å². The number of hydrogen-bond acceptors (Lipinski definition) is 1. The molecule has 0 spiro atoms. The number of halogens is 1. The Bertz CT molecular complexity index is 68.9. The van der Waals surface area contributed by atoms with E-state index in [1.165, 1.54) is 0 Å². The maximum Gasteiger partial charge on any atom is 0.0700 e. The van der Waals surface area contributed by atoms with Crippen LogP contribution in [0.4, 0.5) is 0 Å². The molecular formula is C6H13ClO. The molecule has 0 fully saturated rings. The summed E-state index contributed by atoms with van der Waals surface area (Å²) in [6.07, 6.45) is 0.376. The quantitative estimate of drug-likeness (QED) is 0.574. The fourth-order valence-electron chi connectivity index (χ4n) is 0.295. The van der Waals surface area contributed by atoms with E-state index in [4.69, 9.17) is 16.7 Å². The monoisotopic (exact) mass is 136 g/mol. The Morgan fingerprint density at radius 3 is 2.12 bits per heavy atom. The van der Waals surface area contributed by atoms with E-state index in [0.717, 1.165) is 6.42 Å². The molecule has 2 unspecified atom stereocenters. The third-order valence-electron chi connectivity index (χ3n) is 1.56. The summed E-state index contributed by atoms with van der Waals surface area (Å²) in [5.41, 5.74) is 0. The lowest BCUT2D eigenvalue weighted by atomic mass is 10.0. The van der Waals surface area contributed by atoms with Crippen molar-refractivity contribution in [1.82, 2.24) is 0 Å². The van der Waals surface area contributed by atoms with Gasteiger partial charge >= 0.3 is 0 Å². The van der Waals surface area contributed by atoms with Gasteiger partial charge in [-0.3, -0.25) is 0 Å². The van der Waals surface area contributed by atoms with E-state index in [1.807, 2.05) is 13.8 Å². The van der Waals surface area contributed by atoms with Crippen molar-refractivity contribution in [3.05, 3.63) is 0 Å². The summed E-state index contributed by atoms with van der Waals surface area (Å²) in [5.74, 6) is 0. The highest BCUT2D eigenvalue weighted by Crippen LogP contribution is 2.22. The van der Waals surface area contributed by atoms with Crippen molar-refractivity contribution in [3.63, 3.8) is 0 Å². The first-order valence-electron chi connectivity index (χ1n) is 2.87. The minimum atomic E-state index is -0.431. The van der Waals surface area contributed by atoms with Crippen LogP contribution in [-0.4, -0.2) is 16.1 Å². The summed E-state index contributed by atoms with van der Waals surface area (Å²) in [7, 11) is 0. The Balaban J connectivity index is 3.71. The van der Waals surface area contributed by atoms with Crippen LogP contribution in [0.25, 0.3) is 0 Å². The summed E-state index contributed by atoms with van der Waals surface area (Å²) in [6, 6.07) is 0. The van der Waals surface area contributed by atoms with Gasteiger partial charge in [0, 0.05) is 0 Å². The number of rotatable bonds is 2. The van der Waals surface area contributed by atoms with Crippen LogP contribution in [0.15, 0.2) is 0 Å². The van der Waals surface area contributed by atoms with Gasteiger partial charge in [-0.05, 0) is 20.3 Å². The van der Waals surface area contributed by atoms with E-state index in [-0.39, 0.29) is 0 Å². The smallest absolute Gasteiger partial charge is 0.0700 e. The first-order chi connectivity index (χ1) is 3.50. The van der Waals surface area contributed by atoms with Crippen molar-refractivity contribution in [3.8, 4) is 0 Å². The van der Waals surface area contributed by atoms with E-state index < -0.39 is 11.0 Å². The largest absolute Gasteiger partial charge is 0.392 e. The fraction of sp³-hybridized carbons (Fsp3) is 1.00. The van der Waals surface area contributed by atoms with Crippen LogP contribution in [0.5, 0.6) is 0 Å². The SMILES string of the molecule is CCC(C)(Cl)C(C)O. The molecule has 0 aliphatic heterocycles. The van der Waals surface area contributed by atoms with Gasteiger partial charge in [-0.2, -0.15) is 0 Å². The molecule has 2 atom stereocenters. The Morgan fingerprint density at radius 2 is 2.12 bits per heavy atom. The molecule has 0 bridgehead atoms. The van der Waals surface area contributed by atoms with Crippen LogP contribution in [0.1, 0.15) is 27.2 Å². The molecule has 0 saturated carbocycles. The first-order valence-corrected chi connectivity index (χ1v) is 3.25. The van der Waals surface area contributed by atoms with Crippen molar-refractivity contribution in [2.45, 2.75) is 38.2 Å². The number of hydrogen-bond donors (Lipinski definition) is 1. The number of aliphatic hydroxyl groups is 1. The van der Waals surface area contributed by atoms with Crippen molar-refractivity contribution >= 4 is 11.6 Å². The van der Waals surface area contributed by atoms with Crippen molar-refractivity contribution in [2.24, 2.45) is 0 Å². The molecule has 0 aliphatic rings. The van der Waals surface area contributed by atoms with E-state index in [9.17, 15) is 0 Å². The highest BCUT2D eigenvalue weighted by Gasteiger charge is 2.23. The fourth-order valence-corrected chi connectivity index (χ4v) is 0.295. The van der Waals surface area contributed by atoms with Crippen molar-refractivity contribution in [1.29, 1.82) is 0 Å². The molecule has 50 valence electrons. The molecule has 0 amide bonds. The lowest BCUT2D eigenvalue weighted by Gasteiger charge is -2.22. The first kappa shape index (κ1) is 8.25. The Labute approximate surface area is 55.7 Å². The summed E-state index contributed by atoms with van der Waals surface area (Å²) in [4.78, 5) is -0.431.